The van der Waals surface area contributed by atoms with Crippen LogP contribution in [0.5, 0.6) is 11.5 Å². The average molecular weight is 225 g/mol. The van der Waals surface area contributed by atoms with Crippen molar-refractivity contribution in [2.75, 3.05) is 19.5 Å². The topological polar surface area (TPSA) is 67.8 Å². The number of methoxy groups -OCH3 is 2. The normalized spacial score (nSPS) is 11.8. The number of carbonyl (C=O) groups excluding carboxylic acids is 1. The fourth-order valence-corrected chi connectivity index (χ4v) is 1.15. The van der Waals surface area contributed by atoms with E-state index in [9.17, 15) is 4.79 Å². The van der Waals surface area contributed by atoms with E-state index in [-0.39, 0.29) is 0 Å². The largest absolute Gasteiger partial charge is 0.497 e. The molecule has 0 aliphatic carbocycles. The highest BCUT2D eigenvalue weighted by atomic mass is 16.5. The molecule has 0 spiro atoms. The summed E-state index contributed by atoms with van der Waals surface area (Å²) >= 11 is 0. The van der Waals surface area contributed by atoms with E-state index in [1.807, 2.05) is 0 Å². The van der Waals surface area contributed by atoms with Crippen molar-refractivity contribution in [3.05, 3.63) is 18.2 Å². The molecule has 0 saturated carbocycles. The Morgan fingerprint density at radius 3 is 2.56 bits per heavy atom. The molecule has 0 fully saturated rings. The van der Waals surface area contributed by atoms with Crippen LogP contribution < -0.4 is 14.8 Å². The molecule has 1 aromatic rings. The summed E-state index contributed by atoms with van der Waals surface area (Å²) in [6.07, 6.45) is -1.07. The second-order valence-corrected chi connectivity index (χ2v) is 3.23. The number of nitrogens with one attached hydrogen (secondary N) is 1. The summed E-state index contributed by atoms with van der Waals surface area (Å²) in [6.45, 7) is 1.39. The summed E-state index contributed by atoms with van der Waals surface area (Å²) in [6, 6.07) is 5.02. The molecule has 1 unspecified atom stereocenters. The molecular formula is C11H15NO4. The minimum Gasteiger partial charge on any atom is -0.497 e. The highest BCUT2D eigenvalue weighted by Gasteiger charge is 2.12. The molecule has 1 aromatic carbocycles. The molecule has 2 N–H and O–H groups in total. The lowest BCUT2D eigenvalue weighted by Gasteiger charge is -2.12. The molecule has 0 aromatic heterocycles. The third kappa shape index (κ3) is 2.87. The van der Waals surface area contributed by atoms with Crippen LogP contribution in [0.3, 0.4) is 0 Å². The number of aliphatic hydroxyl groups excluding tert-OH is 1. The van der Waals surface area contributed by atoms with Gasteiger partial charge in [0, 0.05) is 6.07 Å². The van der Waals surface area contributed by atoms with E-state index in [4.69, 9.17) is 14.6 Å². The predicted molar refractivity (Wildman–Crippen MR) is 59.9 cm³/mol. The lowest BCUT2D eigenvalue weighted by molar-refractivity contribution is -0.123. The number of aliphatic hydroxyl groups is 1. The summed E-state index contributed by atoms with van der Waals surface area (Å²) in [5, 5.41) is 11.6. The van der Waals surface area contributed by atoms with Gasteiger partial charge in [0.15, 0.2) is 0 Å². The van der Waals surface area contributed by atoms with Crippen molar-refractivity contribution < 1.29 is 19.4 Å². The maximum absolute atomic E-state index is 11.3. The van der Waals surface area contributed by atoms with Gasteiger partial charge in [-0.2, -0.15) is 0 Å². The Labute approximate surface area is 94.0 Å². The first-order valence-corrected chi connectivity index (χ1v) is 4.79. The van der Waals surface area contributed by atoms with E-state index < -0.39 is 12.0 Å². The summed E-state index contributed by atoms with van der Waals surface area (Å²) in [7, 11) is 3.03. The van der Waals surface area contributed by atoms with Gasteiger partial charge < -0.3 is 19.9 Å². The number of benzene rings is 1. The number of hydrogen-bond donors (Lipinski definition) is 2. The minimum atomic E-state index is -1.07. The summed E-state index contributed by atoms with van der Waals surface area (Å²) in [5.74, 6) is 0.614. The molecule has 1 rings (SSSR count). The van der Waals surface area contributed by atoms with Crippen molar-refractivity contribution in [3.8, 4) is 11.5 Å². The first-order chi connectivity index (χ1) is 7.58. The Balaban J connectivity index is 2.95. The summed E-state index contributed by atoms with van der Waals surface area (Å²) in [4.78, 5) is 11.3. The van der Waals surface area contributed by atoms with Crippen LogP contribution in [-0.2, 0) is 4.79 Å². The van der Waals surface area contributed by atoms with Crippen molar-refractivity contribution in [1.82, 2.24) is 0 Å². The van der Waals surface area contributed by atoms with Crippen molar-refractivity contribution in [2.45, 2.75) is 13.0 Å². The molecular weight excluding hydrogens is 210 g/mol. The lowest BCUT2D eigenvalue weighted by atomic mass is 10.2. The highest BCUT2D eigenvalue weighted by molar-refractivity contribution is 5.95. The smallest absolute Gasteiger partial charge is 0.253 e. The maximum Gasteiger partial charge on any atom is 0.253 e. The first-order valence-electron chi connectivity index (χ1n) is 4.79. The van der Waals surface area contributed by atoms with E-state index in [1.165, 1.54) is 21.1 Å². The fraction of sp³-hybridized carbons (Fsp3) is 0.364. The van der Waals surface area contributed by atoms with E-state index in [1.54, 1.807) is 18.2 Å². The average Bonchev–Trinajstić information content (AvgIpc) is 2.28. The van der Waals surface area contributed by atoms with Crippen LogP contribution in [0.1, 0.15) is 6.92 Å². The molecule has 88 valence electrons. The molecule has 16 heavy (non-hydrogen) atoms. The van der Waals surface area contributed by atoms with E-state index in [2.05, 4.69) is 5.32 Å². The van der Waals surface area contributed by atoms with Gasteiger partial charge in [0.05, 0.1) is 19.9 Å². The number of anilines is 1. The number of rotatable bonds is 4. The Bertz CT molecular complexity index is 376. The Hall–Kier alpha value is -1.75. The molecule has 0 saturated heterocycles. The zero-order valence-electron chi connectivity index (χ0n) is 9.48. The molecule has 1 amide bonds. The first kappa shape index (κ1) is 12.3. The molecule has 0 radical (unpaired) electrons. The minimum absolute atomic E-state index is 0.466. The molecule has 0 aliphatic heterocycles. The van der Waals surface area contributed by atoms with Crippen LogP contribution in [0.2, 0.25) is 0 Å². The molecule has 5 heteroatoms. The molecule has 0 heterocycles. The summed E-state index contributed by atoms with van der Waals surface area (Å²) in [5.41, 5.74) is 0.466. The van der Waals surface area contributed by atoms with Crippen molar-refractivity contribution in [2.24, 2.45) is 0 Å². The van der Waals surface area contributed by atoms with Gasteiger partial charge in [0.2, 0.25) is 0 Å². The van der Waals surface area contributed by atoms with Gasteiger partial charge in [-0.3, -0.25) is 4.79 Å². The quantitative estimate of drug-likeness (QED) is 0.802. The van der Waals surface area contributed by atoms with E-state index in [0.29, 0.717) is 17.2 Å². The SMILES string of the molecule is COc1ccc(OC)c(NC(=O)C(C)O)c1. The van der Waals surface area contributed by atoms with E-state index >= 15 is 0 Å². The zero-order valence-corrected chi connectivity index (χ0v) is 9.48. The van der Waals surface area contributed by atoms with Crippen LogP contribution in [0.25, 0.3) is 0 Å². The van der Waals surface area contributed by atoms with Gasteiger partial charge >= 0.3 is 0 Å². The van der Waals surface area contributed by atoms with Crippen molar-refractivity contribution in [1.29, 1.82) is 0 Å². The zero-order chi connectivity index (χ0) is 12.1. The fourth-order valence-electron chi connectivity index (χ4n) is 1.15. The van der Waals surface area contributed by atoms with Crippen molar-refractivity contribution in [3.63, 3.8) is 0 Å². The molecule has 0 bridgehead atoms. The predicted octanol–water partition coefficient (Wildman–Crippen LogP) is 1.02. The second-order valence-electron chi connectivity index (χ2n) is 3.23. The number of hydrogen-bond acceptors (Lipinski definition) is 4. The molecule has 1 atom stereocenters. The molecule has 0 aliphatic rings. The monoisotopic (exact) mass is 225 g/mol. The van der Waals surface area contributed by atoms with Gasteiger partial charge in [-0.15, -0.1) is 0 Å². The van der Waals surface area contributed by atoms with Crippen molar-refractivity contribution >= 4 is 11.6 Å². The second kappa shape index (κ2) is 5.37. The van der Waals surface area contributed by atoms with Gasteiger partial charge in [0.25, 0.3) is 5.91 Å². The standard InChI is InChI=1S/C11H15NO4/c1-7(13)11(14)12-9-6-8(15-2)4-5-10(9)16-3/h4-7,13H,1-3H3,(H,12,14). The maximum atomic E-state index is 11.3. The summed E-state index contributed by atoms with van der Waals surface area (Å²) < 4.78 is 10.1. The highest BCUT2D eigenvalue weighted by Crippen LogP contribution is 2.28. The van der Waals surface area contributed by atoms with Crippen LogP contribution in [0, 0.1) is 0 Å². The third-order valence-electron chi connectivity index (χ3n) is 2.04. The van der Waals surface area contributed by atoms with Gasteiger partial charge in [-0.25, -0.2) is 0 Å². The lowest BCUT2D eigenvalue weighted by Crippen LogP contribution is -2.24. The number of carbonyl (C=O) groups is 1. The van der Waals surface area contributed by atoms with E-state index in [0.717, 1.165) is 0 Å². The van der Waals surface area contributed by atoms with Crippen LogP contribution in [-0.4, -0.2) is 31.3 Å². The number of ether oxygens (including phenoxy) is 2. The van der Waals surface area contributed by atoms with Gasteiger partial charge in [-0.1, -0.05) is 0 Å². The van der Waals surface area contributed by atoms with Gasteiger partial charge in [0.1, 0.15) is 17.6 Å². The van der Waals surface area contributed by atoms with Crippen LogP contribution >= 0.6 is 0 Å². The Morgan fingerprint density at radius 2 is 2.06 bits per heavy atom. The van der Waals surface area contributed by atoms with Crippen LogP contribution in [0.4, 0.5) is 5.69 Å². The Morgan fingerprint density at radius 1 is 1.38 bits per heavy atom. The van der Waals surface area contributed by atoms with Gasteiger partial charge in [-0.05, 0) is 19.1 Å². The molecule has 5 nitrogen and oxygen atoms in total. The Kier molecular flexibility index (Phi) is 4.13. The number of amides is 1. The van der Waals surface area contributed by atoms with Crippen LogP contribution in [0.15, 0.2) is 18.2 Å². The third-order valence-corrected chi connectivity index (χ3v) is 2.04.